The zero-order chi connectivity index (χ0) is 12.8. The summed E-state index contributed by atoms with van der Waals surface area (Å²) in [4.78, 5) is 4.19. The lowest BCUT2D eigenvalue weighted by Gasteiger charge is -2.28. The molecule has 100 valence electrons. The summed E-state index contributed by atoms with van der Waals surface area (Å²) in [6.45, 7) is 6.62. The number of nitrogens with one attached hydrogen (secondary N) is 1. The molecule has 0 amide bonds. The van der Waals surface area contributed by atoms with E-state index in [0.717, 1.165) is 18.4 Å². The highest BCUT2D eigenvalue weighted by atomic mass is 14.9. The van der Waals surface area contributed by atoms with Gasteiger partial charge in [0.1, 0.15) is 0 Å². The van der Waals surface area contributed by atoms with Gasteiger partial charge in [-0.25, -0.2) is 0 Å². The van der Waals surface area contributed by atoms with E-state index in [1.165, 1.54) is 49.8 Å². The van der Waals surface area contributed by atoms with Crippen LogP contribution in [0.25, 0.3) is 0 Å². The van der Waals surface area contributed by atoms with Gasteiger partial charge in [-0.2, -0.15) is 0 Å². The smallest absolute Gasteiger partial charge is 0.0315 e. The van der Waals surface area contributed by atoms with E-state index >= 15 is 0 Å². The minimum Gasteiger partial charge on any atom is -0.312 e. The summed E-state index contributed by atoms with van der Waals surface area (Å²) in [7, 11) is 0. The minimum absolute atomic E-state index is 0.893. The van der Waals surface area contributed by atoms with Crippen LogP contribution in [0, 0.1) is 18.8 Å². The Balaban J connectivity index is 1.69. The summed E-state index contributed by atoms with van der Waals surface area (Å²) in [5, 5.41) is 3.61. The summed E-state index contributed by atoms with van der Waals surface area (Å²) in [6, 6.07) is 2.09. The summed E-state index contributed by atoms with van der Waals surface area (Å²) in [5.41, 5.74) is 2.67. The first kappa shape index (κ1) is 13.5. The van der Waals surface area contributed by atoms with Gasteiger partial charge in [0.25, 0.3) is 0 Å². The molecule has 1 saturated carbocycles. The number of aromatic nitrogens is 1. The Bertz CT molecular complexity index is 354. The quantitative estimate of drug-likeness (QED) is 0.857. The highest BCUT2D eigenvalue weighted by Gasteiger charge is 2.19. The van der Waals surface area contributed by atoms with Crippen molar-refractivity contribution >= 4 is 0 Å². The molecule has 2 rings (SSSR count). The average Bonchev–Trinajstić information content (AvgIpc) is 2.42. The molecule has 0 atom stereocenters. The fourth-order valence-corrected chi connectivity index (χ4v) is 2.94. The standard InChI is InChI=1S/C16H26N2/c1-3-14-4-6-15(7-5-14)10-18-12-16-11-17-9-8-13(16)2/h8-9,11,14-15,18H,3-7,10,12H2,1-2H3. The van der Waals surface area contributed by atoms with Gasteiger partial charge in [0.2, 0.25) is 0 Å². The molecular formula is C16H26N2. The third kappa shape index (κ3) is 3.81. The maximum Gasteiger partial charge on any atom is 0.0315 e. The van der Waals surface area contributed by atoms with Gasteiger partial charge >= 0.3 is 0 Å². The molecule has 1 N–H and O–H groups in total. The zero-order valence-corrected chi connectivity index (χ0v) is 11.8. The van der Waals surface area contributed by atoms with Crippen LogP contribution in [0.1, 0.15) is 50.2 Å². The van der Waals surface area contributed by atoms with Crippen LogP contribution in [0.4, 0.5) is 0 Å². The molecule has 1 aliphatic carbocycles. The van der Waals surface area contributed by atoms with Crippen LogP contribution in [-0.2, 0) is 6.54 Å². The van der Waals surface area contributed by atoms with E-state index in [4.69, 9.17) is 0 Å². The van der Waals surface area contributed by atoms with Gasteiger partial charge in [-0.15, -0.1) is 0 Å². The lowest BCUT2D eigenvalue weighted by atomic mass is 9.81. The van der Waals surface area contributed by atoms with E-state index in [2.05, 4.69) is 30.2 Å². The van der Waals surface area contributed by atoms with Crippen LogP contribution in [0.2, 0.25) is 0 Å². The first-order chi connectivity index (χ1) is 8.79. The summed E-state index contributed by atoms with van der Waals surface area (Å²) in [5.74, 6) is 1.89. The van der Waals surface area contributed by atoms with Crippen molar-refractivity contribution in [3.63, 3.8) is 0 Å². The predicted octanol–water partition coefficient (Wildman–Crippen LogP) is 3.70. The summed E-state index contributed by atoms with van der Waals surface area (Å²) >= 11 is 0. The van der Waals surface area contributed by atoms with Crippen molar-refractivity contribution in [2.75, 3.05) is 6.54 Å². The topological polar surface area (TPSA) is 24.9 Å². The van der Waals surface area contributed by atoms with Crippen molar-refractivity contribution in [1.82, 2.24) is 10.3 Å². The molecule has 0 bridgehead atoms. The maximum atomic E-state index is 4.19. The highest BCUT2D eigenvalue weighted by molar-refractivity contribution is 5.20. The van der Waals surface area contributed by atoms with Crippen LogP contribution >= 0.6 is 0 Å². The van der Waals surface area contributed by atoms with E-state index in [0.29, 0.717) is 0 Å². The van der Waals surface area contributed by atoms with Gasteiger partial charge in [-0.3, -0.25) is 4.98 Å². The summed E-state index contributed by atoms with van der Waals surface area (Å²) < 4.78 is 0. The van der Waals surface area contributed by atoms with Gasteiger partial charge in [0.05, 0.1) is 0 Å². The Morgan fingerprint density at radius 2 is 1.94 bits per heavy atom. The molecule has 18 heavy (non-hydrogen) atoms. The minimum atomic E-state index is 0.893. The molecule has 0 saturated heterocycles. The van der Waals surface area contributed by atoms with Crippen LogP contribution in [-0.4, -0.2) is 11.5 Å². The molecule has 1 fully saturated rings. The van der Waals surface area contributed by atoms with Gasteiger partial charge in [0, 0.05) is 18.9 Å². The van der Waals surface area contributed by atoms with Crippen LogP contribution < -0.4 is 5.32 Å². The molecule has 2 heteroatoms. The average molecular weight is 246 g/mol. The van der Waals surface area contributed by atoms with Gasteiger partial charge in [0.15, 0.2) is 0 Å². The van der Waals surface area contributed by atoms with Gasteiger partial charge in [-0.05, 0) is 55.3 Å². The number of hydrogen-bond donors (Lipinski definition) is 1. The largest absolute Gasteiger partial charge is 0.312 e. The van der Waals surface area contributed by atoms with Crippen molar-refractivity contribution in [3.05, 3.63) is 29.6 Å². The lowest BCUT2D eigenvalue weighted by molar-refractivity contribution is 0.262. The van der Waals surface area contributed by atoms with Crippen molar-refractivity contribution in [2.24, 2.45) is 11.8 Å². The first-order valence-corrected chi connectivity index (χ1v) is 7.39. The van der Waals surface area contributed by atoms with Crippen LogP contribution in [0.5, 0.6) is 0 Å². The second-order valence-corrected chi connectivity index (χ2v) is 5.73. The Labute approximate surface area is 111 Å². The maximum absolute atomic E-state index is 4.19. The Hall–Kier alpha value is -0.890. The molecule has 1 heterocycles. The highest BCUT2D eigenvalue weighted by Crippen LogP contribution is 2.30. The Morgan fingerprint density at radius 3 is 2.61 bits per heavy atom. The molecule has 0 aliphatic heterocycles. The number of rotatable bonds is 5. The van der Waals surface area contributed by atoms with Crippen LogP contribution in [0.3, 0.4) is 0 Å². The van der Waals surface area contributed by atoms with Gasteiger partial charge in [-0.1, -0.05) is 26.2 Å². The molecule has 0 radical (unpaired) electrons. The lowest BCUT2D eigenvalue weighted by Crippen LogP contribution is -2.26. The number of hydrogen-bond acceptors (Lipinski definition) is 2. The SMILES string of the molecule is CCC1CCC(CNCc2cnccc2C)CC1. The van der Waals surface area contributed by atoms with E-state index in [-0.39, 0.29) is 0 Å². The number of nitrogens with zero attached hydrogens (tertiary/aromatic N) is 1. The molecule has 1 aromatic heterocycles. The number of aryl methyl sites for hydroxylation is 1. The van der Waals surface area contributed by atoms with Crippen molar-refractivity contribution < 1.29 is 0 Å². The number of pyridine rings is 1. The van der Waals surface area contributed by atoms with E-state index < -0.39 is 0 Å². The van der Waals surface area contributed by atoms with Crippen molar-refractivity contribution in [1.29, 1.82) is 0 Å². The van der Waals surface area contributed by atoms with E-state index in [9.17, 15) is 0 Å². The van der Waals surface area contributed by atoms with Crippen molar-refractivity contribution in [3.8, 4) is 0 Å². The predicted molar refractivity (Wildman–Crippen MR) is 76.4 cm³/mol. The van der Waals surface area contributed by atoms with E-state index in [1.807, 2.05) is 12.4 Å². The second-order valence-electron chi connectivity index (χ2n) is 5.73. The monoisotopic (exact) mass is 246 g/mol. The fraction of sp³-hybridized carbons (Fsp3) is 0.688. The Kier molecular flexibility index (Phi) is 5.18. The van der Waals surface area contributed by atoms with E-state index in [1.54, 1.807) is 0 Å². The van der Waals surface area contributed by atoms with Crippen molar-refractivity contribution in [2.45, 2.75) is 52.5 Å². The molecule has 0 aromatic carbocycles. The third-order valence-corrected chi connectivity index (χ3v) is 4.44. The molecular weight excluding hydrogens is 220 g/mol. The molecule has 0 unspecified atom stereocenters. The normalized spacial score (nSPS) is 24.1. The molecule has 1 aliphatic rings. The molecule has 0 spiro atoms. The zero-order valence-electron chi connectivity index (χ0n) is 11.8. The van der Waals surface area contributed by atoms with Crippen LogP contribution in [0.15, 0.2) is 18.5 Å². The van der Waals surface area contributed by atoms with Gasteiger partial charge < -0.3 is 5.32 Å². The fourth-order valence-electron chi connectivity index (χ4n) is 2.94. The first-order valence-electron chi connectivity index (χ1n) is 7.39. The molecule has 2 nitrogen and oxygen atoms in total. The Morgan fingerprint density at radius 1 is 1.22 bits per heavy atom. The second kappa shape index (κ2) is 6.89. The molecule has 1 aromatic rings. The summed E-state index contributed by atoms with van der Waals surface area (Å²) in [6.07, 6.45) is 10.9. The third-order valence-electron chi connectivity index (χ3n) is 4.44.